The molecule has 0 aromatic carbocycles. The minimum Gasteiger partial charge on any atom is -0.151 e. The second-order valence-corrected chi connectivity index (χ2v) is 5.19. The molecule has 0 spiro atoms. The maximum atomic E-state index is 2.43. The fourth-order valence-electron chi connectivity index (χ4n) is 2.63. The second-order valence-electron chi connectivity index (χ2n) is 4.44. The van der Waals surface area contributed by atoms with Crippen molar-refractivity contribution in [3.63, 3.8) is 0 Å². The van der Waals surface area contributed by atoms with Crippen LogP contribution in [0, 0.1) is 0 Å². The molecular weight excluding hydrogens is 200 g/mol. The summed E-state index contributed by atoms with van der Waals surface area (Å²) < 4.78 is 0. The molecule has 78 valence electrons. The summed E-state index contributed by atoms with van der Waals surface area (Å²) >= 11 is 1.86. The van der Waals surface area contributed by atoms with Gasteiger partial charge in [-0.2, -0.15) is 11.3 Å². The highest BCUT2D eigenvalue weighted by Crippen LogP contribution is 2.38. The molecule has 1 heterocycles. The molecule has 2 aliphatic rings. The zero-order valence-electron chi connectivity index (χ0n) is 8.96. The van der Waals surface area contributed by atoms with E-state index < -0.39 is 0 Å². The fraction of sp³-hybridized carbons (Fsp3) is 0.429. The Bertz CT molecular complexity index is 382. The molecule has 0 bridgehead atoms. The van der Waals surface area contributed by atoms with E-state index in [1.54, 1.807) is 11.1 Å². The van der Waals surface area contributed by atoms with Crippen LogP contribution >= 0.6 is 11.3 Å². The Morgan fingerprint density at radius 2 is 1.33 bits per heavy atom. The van der Waals surface area contributed by atoms with E-state index in [4.69, 9.17) is 0 Å². The van der Waals surface area contributed by atoms with Crippen molar-refractivity contribution in [3.8, 4) is 0 Å². The van der Waals surface area contributed by atoms with Crippen LogP contribution in [0.3, 0.4) is 0 Å². The van der Waals surface area contributed by atoms with Crippen molar-refractivity contribution in [2.75, 3.05) is 0 Å². The van der Waals surface area contributed by atoms with Gasteiger partial charge in [-0.05, 0) is 71.6 Å². The minimum atomic E-state index is 1.28. The van der Waals surface area contributed by atoms with E-state index in [0.29, 0.717) is 0 Å². The maximum Gasteiger partial charge on any atom is -0.00117 e. The van der Waals surface area contributed by atoms with E-state index in [1.165, 1.54) is 49.7 Å². The normalized spacial score (nSPS) is 20.5. The van der Waals surface area contributed by atoms with Crippen molar-refractivity contribution in [1.29, 1.82) is 0 Å². The zero-order valence-corrected chi connectivity index (χ0v) is 9.78. The summed E-state index contributed by atoms with van der Waals surface area (Å²) in [6.45, 7) is 0. The molecule has 0 unspecified atom stereocenters. The van der Waals surface area contributed by atoms with Gasteiger partial charge in [0, 0.05) is 0 Å². The lowest BCUT2D eigenvalue weighted by atomic mass is 9.98. The number of rotatable bonds is 2. The fourth-order valence-corrected chi connectivity index (χ4v) is 3.52. The van der Waals surface area contributed by atoms with E-state index in [-0.39, 0.29) is 0 Å². The van der Waals surface area contributed by atoms with Crippen LogP contribution in [0.2, 0.25) is 0 Å². The van der Waals surface area contributed by atoms with Crippen molar-refractivity contribution in [1.82, 2.24) is 0 Å². The molecule has 2 aliphatic carbocycles. The Balaban J connectivity index is 1.98. The summed E-state index contributed by atoms with van der Waals surface area (Å²) in [5.74, 6) is 0. The predicted molar refractivity (Wildman–Crippen MR) is 68.0 cm³/mol. The molecule has 0 saturated carbocycles. The van der Waals surface area contributed by atoms with Gasteiger partial charge in [-0.3, -0.25) is 0 Å². The van der Waals surface area contributed by atoms with Crippen molar-refractivity contribution in [2.45, 2.75) is 38.5 Å². The van der Waals surface area contributed by atoms with Crippen molar-refractivity contribution in [3.05, 3.63) is 34.0 Å². The van der Waals surface area contributed by atoms with E-state index in [1.807, 2.05) is 11.3 Å². The van der Waals surface area contributed by atoms with Crippen LogP contribution in [-0.2, 0) is 0 Å². The Morgan fingerprint density at radius 1 is 0.800 bits per heavy atom. The Kier molecular flexibility index (Phi) is 2.49. The van der Waals surface area contributed by atoms with Crippen LogP contribution in [0.25, 0.3) is 11.1 Å². The Labute approximate surface area is 95.3 Å². The number of allylic oxidation sites excluding steroid dienone is 4. The van der Waals surface area contributed by atoms with Crippen molar-refractivity contribution in [2.24, 2.45) is 0 Å². The van der Waals surface area contributed by atoms with Crippen LogP contribution in [0.1, 0.15) is 49.7 Å². The zero-order chi connectivity index (χ0) is 10.1. The van der Waals surface area contributed by atoms with E-state index >= 15 is 0 Å². The summed E-state index contributed by atoms with van der Waals surface area (Å²) in [6.07, 6.45) is 12.7. The lowest BCUT2D eigenvalue weighted by molar-refractivity contribution is 0.932. The van der Waals surface area contributed by atoms with Gasteiger partial charge in [0.2, 0.25) is 0 Å². The third-order valence-electron chi connectivity index (χ3n) is 3.44. The molecule has 0 saturated heterocycles. The molecule has 0 nitrogen and oxygen atoms in total. The highest BCUT2D eigenvalue weighted by molar-refractivity contribution is 7.08. The number of hydrogen-bond donors (Lipinski definition) is 0. The van der Waals surface area contributed by atoms with Crippen LogP contribution in [0.4, 0.5) is 0 Å². The Hall–Kier alpha value is -0.820. The molecule has 0 atom stereocenters. The lowest BCUT2D eigenvalue weighted by Gasteiger charge is -2.05. The molecule has 3 rings (SSSR count). The van der Waals surface area contributed by atoms with Gasteiger partial charge in [0.25, 0.3) is 0 Å². The van der Waals surface area contributed by atoms with Gasteiger partial charge >= 0.3 is 0 Å². The van der Waals surface area contributed by atoms with Crippen molar-refractivity contribution < 1.29 is 0 Å². The topological polar surface area (TPSA) is 0 Å². The van der Waals surface area contributed by atoms with Crippen LogP contribution in [0.15, 0.2) is 22.9 Å². The molecule has 0 fully saturated rings. The largest absolute Gasteiger partial charge is 0.151 e. The van der Waals surface area contributed by atoms with Gasteiger partial charge in [0.1, 0.15) is 0 Å². The first-order valence-electron chi connectivity index (χ1n) is 5.90. The molecule has 0 aliphatic heterocycles. The van der Waals surface area contributed by atoms with Crippen molar-refractivity contribution >= 4 is 22.5 Å². The third kappa shape index (κ3) is 1.69. The van der Waals surface area contributed by atoms with Gasteiger partial charge in [-0.25, -0.2) is 0 Å². The SMILES string of the molecule is C1=C(c2cscc2C2=CCCC2)CCC1. The molecule has 1 aromatic rings. The number of hydrogen-bond acceptors (Lipinski definition) is 1. The van der Waals surface area contributed by atoms with Crippen LogP contribution in [0.5, 0.6) is 0 Å². The molecule has 1 heteroatoms. The highest BCUT2D eigenvalue weighted by Gasteiger charge is 2.16. The molecule has 0 amide bonds. The lowest BCUT2D eigenvalue weighted by Crippen LogP contribution is -1.85. The van der Waals surface area contributed by atoms with E-state index in [9.17, 15) is 0 Å². The summed E-state index contributed by atoms with van der Waals surface area (Å²) in [5, 5.41) is 4.68. The van der Waals surface area contributed by atoms with E-state index in [0.717, 1.165) is 0 Å². The summed E-state index contributed by atoms with van der Waals surface area (Å²) in [4.78, 5) is 0. The summed E-state index contributed by atoms with van der Waals surface area (Å²) in [5.41, 5.74) is 6.26. The van der Waals surface area contributed by atoms with Crippen LogP contribution in [-0.4, -0.2) is 0 Å². The third-order valence-corrected chi connectivity index (χ3v) is 4.18. The highest BCUT2D eigenvalue weighted by atomic mass is 32.1. The number of thiophene rings is 1. The average molecular weight is 216 g/mol. The van der Waals surface area contributed by atoms with Gasteiger partial charge in [-0.15, -0.1) is 0 Å². The van der Waals surface area contributed by atoms with Gasteiger partial charge < -0.3 is 0 Å². The Morgan fingerprint density at radius 3 is 1.73 bits per heavy atom. The summed E-state index contributed by atoms with van der Waals surface area (Å²) in [7, 11) is 0. The second kappa shape index (κ2) is 3.97. The molecule has 0 N–H and O–H groups in total. The smallest absolute Gasteiger partial charge is 0.00117 e. The van der Waals surface area contributed by atoms with Gasteiger partial charge in [0.15, 0.2) is 0 Å². The molecule has 0 radical (unpaired) electrons. The standard InChI is InChI=1S/C14H16S/c1-2-6-11(5-1)13-9-15-10-14(13)12-7-3-4-8-12/h5,7,9-10H,1-4,6,8H2. The maximum absolute atomic E-state index is 2.43. The first kappa shape index (κ1) is 9.41. The predicted octanol–water partition coefficient (Wildman–Crippen LogP) is 4.88. The molecule has 1 aromatic heterocycles. The summed E-state index contributed by atoms with van der Waals surface area (Å²) in [6, 6.07) is 0. The molecule has 15 heavy (non-hydrogen) atoms. The quantitative estimate of drug-likeness (QED) is 0.660. The van der Waals surface area contributed by atoms with Gasteiger partial charge in [-0.1, -0.05) is 12.2 Å². The average Bonchev–Trinajstić information content (AvgIpc) is 3.01. The van der Waals surface area contributed by atoms with E-state index in [2.05, 4.69) is 22.9 Å². The first-order chi connectivity index (χ1) is 7.45. The van der Waals surface area contributed by atoms with Gasteiger partial charge in [0.05, 0.1) is 0 Å². The van der Waals surface area contributed by atoms with Crippen LogP contribution < -0.4 is 0 Å². The minimum absolute atomic E-state index is 1.28. The first-order valence-corrected chi connectivity index (χ1v) is 6.84. The monoisotopic (exact) mass is 216 g/mol. The molecular formula is C14H16S.